The lowest BCUT2D eigenvalue weighted by Crippen LogP contribution is -2.58. The summed E-state index contributed by atoms with van der Waals surface area (Å²) in [5, 5.41) is 2.50. The standard InChI is InChI=1S/C21H26Cl2FN3O5/c1-20(2)12-26(6-5-21(20)30-7-8-31-21)16-4-3-13(9-15(16)24)27-11-14(32-19(27)29)10-25-18(28)17(22)23/h3-4,9,14,17H,5-8,10-12H2,1-2H3,(H,25,28)/t14-/m0/s1. The molecule has 1 atom stereocenters. The van der Waals surface area contributed by atoms with Crippen LogP contribution in [0.5, 0.6) is 0 Å². The van der Waals surface area contributed by atoms with E-state index in [1.807, 2.05) is 4.90 Å². The summed E-state index contributed by atoms with van der Waals surface area (Å²) < 4.78 is 32.2. The average molecular weight is 490 g/mol. The Bertz CT molecular complexity index is 894. The number of anilines is 2. The van der Waals surface area contributed by atoms with Gasteiger partial charge < -0.3 is 24.4 Å². The van der Waals surface area contributed by atoms with E-state index in [4.69, 9.17) is 37.4 Å². The summed E-state index contributed by atoms with van der Waals surface area (Å²) in [5.41, 5.74) is 0.517. The summed E-state index contributed by atoms with van der Waals surface area (Å²) in [6.45, 7) is 6.66. The molecule has 3 aliphatic heterocycles. The normalized spacial score (nSPS) is 24.3. The Labute approximate surface area is 195 Å². The fourth-order valence-electron chi connectivity index (χ4n) is 4.54. The smallest absolute Gasteiger partial charge is 0.414 e. The van der Waals surface area contributed by atoms with E-state index in [1.54, 1.807) is 12.1 Å². The largest absolute Gasteiger partial charge is 0.442 e. The van der Waals surface area contributed by atoms with Crippen LogP contribution in [0.2, 0.25) is 0 Å². The van der Waals surface area contributed by atoms with E-state index in [2.05, 4.69) is 19.2 Å². The highest BCUT2D eigenvalue weighted by Crippen LogP contribution is 2.46. The summed E-state index contributed by atoms with van der Waals surface area (Å²) in [6.07, 6.45) is -0.563. The van der Waals surface area contributed by atoms with E-state index in [0.29, 0.717) is 44.1 Å². The minimum atomic E-state index is -1.20. The van der Waals surface area contributed by atoms with Gasteiger partial charge in [-0.25, -0.2) is 9.18 Å². The van der Waals surface area contributed by atoms with Gasteiger partial charge in [0.05, 0.1) is 37.7 Å². The number of carbonyl (C=O) groups excluding carboxylic acids is 2. The van der Waals surface area contributed by atoms with Crippen molar-refractivity contribution in [1.29, 1.82) is 0 Å². The van der Waals surface area contributed by atoms with Crippen molar-refractivity contribution in [3.05, 3.63) is 24.0 Å². The summed E-state index contributed by atoms with van der Waals surface area (Å²) in [4.78, 5) is 25.9. The molecular weight excluding hydrogens is 464 g/mol. The topological polar surface area (TPSA) is 80.3 Å². The first-order valence-corrected chi connectivity index (χ1v) is 11.4. The van der Waals surface area contributed by atoms with Gasteiger partial charge in [-0.05, 0) is 18.2 Å². The number of nitrogens with zero attached hydrogens (tertiary/aromatic N) is 2. The average Bonchev–Trinajstić information content (AvgIpc) is 3.36. The summed E-state index contributed by atoms with van der Waals surface area (Å²) in [5.74, 6) is -1.63. The van der Waals surface area contributed by atoms with Gasteiger partial charge in [0.1, 0.15) is 11.9 Å². The van der Waals surface area contributed by atoms with Crippen LogP contribution >= 0.6 is 23.2 Å². The van der Waals surface area contributed by atoms with Crippen molar-refractivity contribution in [1.82, 2.24) is 5.32 Å². The fraction of sp³-hybridized carbons (Fsp3) is 0.619. The number of ether oxygens (including phenoxy) is 3. The second-order valence-electron chi connectivity index (χ2n) is 8.80. The maximum Gasteiger partial charge on any atom is 0.414 e. The zero-order chi connectivity index (χ0) is 23.1. The SMILES string of the molecule is CC1(C)CN(c2ccc(N3C[C@H](CNC(=O)C(Cl)Cl)OC3=O)cc2F)CCC12OCCO2. The second-order valence-corrected chi connectivity index (χ2v) is 9.90. The van der Waals surface area contributed by atoms with Crippen LogP contribution in [0.15, 0.2) is 18.2 Å². The number of alkyl halides is 2. The van der Waals surface area contributed by atoms with E-state index in [-0.39, 0.29) is 18.5 Å². The van der Waals surface area contributed by atoms with Crippen molar-refractivity contribution in [2.75, 3.05) is 49.2 Å². The van der Waals surface area contributed by atoms with Crippen LogP contribution < -0.4 is 15.1 Å². The fourth-order valence-corrected chi connectivity index (χ4v) is 4.70. The van der Waals surface area contributed by atoms with Crippen LogP contribution in [-0.2, 0) is 19.0 Å². The van der Waals surface area contributed by atoms with Crippen molar-refractivity contribution in [3.63, 3.8) is 0 Å². The van der Waals surface area contributed by atoms with Crippen LogP contribution in [0.1, 0.15) is 20.3 Å². The summed E-state index contributed by atoms with van der Waals surface area (Å²) in [7, 11) is 0. The Morgan fingerprint density at radius 1 is 1.31 bits per heavy atom. The molecule has 0 aliphatic carbocycles. The zero-order valence-electron chi connectivity index (χ0n) is 17.9. The molecule has 1 aromatic rings. The number of piperidine rings is 1. The molecule has 8 nitrogen and oxygen atoms in total. The number of benzene rings is 1. The number of amides is 2. The number of hydrogen-bond donors (Lipinski definition) is 1. The molecule has 0 bridgehead atoms. The van der Waals surface area contributed by atoms with Gasteiger partial charge in [-0.1, -0.05) is 37.0 Å². The van der Waals surface area contributed by atoms with Gasteiger partial charge in [0.15, 0.2) is 10.6 Å². The minimum absolute atomic E-state index is 0.0618. The van der Waals surface area contributed by atoms with Crippen molar-refractivity contribution in [2.45, 2.75) is 37.0 Å². The van der Waals surface area contributed by atoms with Crippen LogP contribution in [0, 0.1) is 11.2 Å². The Kier molecular flexibility index (Phi) is 6.46. The molecule has 3 aliphatic rings. The third-order valence-corrected chi connectivity index (χ3v) is 6.64. The first-order valence-electron chi connectivity index (χ1n) is 10.5. The lowest BCUT2D eigenvalue weighted by molar-refractivity contribution is -0.235. The molecule has 2 amide bonds. The third-order valence-electron chi connectivity index (χ3n) is 6.24. The molecule has 0 aromatic heterocycles. The molecule has 4 rings (SSSR count). The van der Waals surface area contributed by atoms with Gasteiger partial charge in [-0.2, -0.15) is 0 Å². The maximum absolute atomic E-state index is 15.1. The molecule has 1 N–H and O–H groups in total. The number of nitrogens with one attached hydrogen (secondary N) is 1. The molecule has 3 saturated heterocycles. The lowest BCUT2D eigenvalue weighted by atomic mass is 9.77. The highest BCUT2D eigenvalue weighted by atomic mass is 35.5. The Hall–Kier alpha value is -1.81. The van der Waals surface area contributed by atoms with Crippen molar-refractivity contribution < 1.29 is 28.2 Å². The molecule has 0 unspecified atom stereocenters. The van der Waals surface area contributed by atoms with E-state index in [9.17, 15) is 9.59 Å². The molecule has 176 valence electrons. The van der Waals surface area contributed by atoms with Crippen molar-refractivity contribution in [3.8, 4) is 0 Å². The molecular formula is C21H26Cl2FN3O5. The van der Waals surface area contributed by atoms with Crippen LogP contribution in [0.4, 0.5) is 20.6 Å². The van der Waals surface area contributed by atoms with Gasteiger partial charge in [0.25, 0.3) is 5.91 Å². The third kappa shape index (κ3) is 4.35. The van der Waals surface area contributed by atoms with Gasteiger partial charge in [-0.15, -0.1) is 0 Å². The first kappa shape index (κ1) is 23.4. The zero-order valence-corrected chi connectivity index (χ0v) is 19.4. The summed E-state index contributed by atoms with van der Waals surface area (Å²) in [6, 6.07) is 4.68. The number of rotatable bonds is 5. The quantitative estimate of drug-likeness (QED) is 0.640. The highest BCUT2D eigenvalue weighted by molar-refractivity contribution is 6.53. The van der Waals surface area contributed by atoms with Gasteiger partial charge in [-0.3, -0.25) is 9.69 Å². The molecule has 3 heterocycles. The molecule has 11 heteroatoms. The maximum atomic E-state index is 15.1. The Balaban J connectivity index is 1.42. The molecule has 32 heavy (non-hydrogen) atoms. The van der Waals surface area contributed by atoms with Crippen LogP contribution in [0.25, 0.3) is 0 Å². The van der Waals surface area contributed by atoms with E-state index < -0.39 is 34.5 Å². The van der Waals surface area contributed by atoms with Crippen LogP contribution in [0.3, 0.4) is 0 Å². The van der Waals surface area contributed by atoms with Crippen molar-refractivity contribution >= 4 is 46.6 Å². The minimum Gasteiger partial charge on any atom is -0.442 e. The Morgan fingerprint density at radius 3 is 2.66 bits per heavy atom. The molecule has 3 fully saturated rings. The highest BCUT2D eigenvalue weighted by Gasteiger charge is 2.53. The molecule has 1 aromatic carbocycles. The summed E-state index contributed by atoms with van der Waals surface area (Å²) >= 11 is 11.0. The number of halogens is 3. The van der Waals surface area contributed by atoms with Gasteiger partial charge in [0.2, 0.25) is 0 Å². The predicted octanol–water partition coefficient (Wildman–Crippen LogP) is 3.05. The lowest BCUT2D eigenvalue weighted by Gasteiger charge is -2.50. The molecule has 0 saturated carbocycles. The Morgan fingerprint density at radius 2 is 2.03 bits per heavy atom. The molecule has 1 spiro atoms. The predicted molar refractivity (Wildman–Crippen MR) is 118 cm³/mol. The van der Waals surface area contributed by atoms with E-state index in [1.165, 1.54) is 11.0 Å². The van der Waals surface area contributed by atoms with E-state index in [0.717, 1.165) is 0 Å². The number of hydrogen-bond acceptors (Lipinski definition) is 6. The van der Waals surface area contributed by atoms with Crippen LogP contribution in [-0.4, -0.2) is 68.1 Å². The van der Waals surface area contributed by atoms with Gasteiger partial charge in [0, 0.05) is 24.9 Å². The second kappa shape index (κ2) is 8.85. The monoisotopic (exact) mass is 489 g/mol. The first-order chi connectivity index (χ1) is 15.1. The van der Waals surface area contributed by atoms with E-state index >= 15 is 4.39 Å². The van der Waals surface area contributed by atoms with Crippen molar-refractivity contribution in [2.24, 2.45) is 5.41 Å². The van der Waals surface area contributed by atoms with Gasteiger partial charge >= 0.3 is 6.09 Å². The molecule has 0 radical (unpaired) electrons. The number of carbonyl (C=O) groups is 2. The number of cyclic esters (lactones) is 1.